The van der Waals surface area contributed by atoms with Crippen LogP contribution in [-0.4, -0.2) is 44.4 Å². The average molecular weight is 486 g/mol. The quantitative estimate of drug-likeness (QED) is 0.423. The molecule has 12 heteroatoms. The van der Waals surface area contributed by atoms with Crippen molar-refractivity contribution in [3.63, 3.8) is 0 Å². The Labute approximate surface area is 196 Å². The van der Waals surface area contributed by atoms with Crippen molar-refractivity contribution in [1.82, 2.24) is 29.8 Å². The molecule has 10 nitrogen and oxygen atoms in total. The zero-order valence-corrected chi connectivity index (χ0v) is 19.9. The molecular weight excluding hydrogens is 461 g/mol. The van der Waals surface area contributed by atoms with Gasteiger partial charge in [0.25, 0.3) is 0 Å². The maximum absolute atomic E-state index is 14.1. The number of halogens is 1. The summed E-state index contributed by atoms with van der Waals surface area (Å²) in [5.74, 6) is -0.203. The second kappa shape index (κ2) is 8.86. The van der Waals surface area contributed by atoms with Gasteiger partial charge in [0.05, 0.1) is 23.8 Å². The van der Waals surface area contributed by atoms with Crippen molar-refractivity contribution in [2.75, 3.05) is 12.0 Å². The van der Waals surface area contributed by atoms with Gasteiger partial charge in [-0.15, -0.1) is 0 Å². The van der Waals surface area contributed by atoms with Crippen LogP contribution in [0.25, 0.3) is 16.8 Å². The van der Waals surface area contributed by atoms with Crippen LogP contribution in [0.4, 0.5) is 10.2 Å². The number of pyridine rings is 1. The summed E-state index contributed by atoms with van der Waals surface area (Å²) in [6.07, 6.45) is 5.17. The summed E-state index contributed by atoms with van der Waals surface area (Å²) in [6, 6.07) is 5.97. The van der Waals surface area contributed by atoms with Gasteiger partial charge in [0.1, 0.15) is 17.8 Å². The van der Waals surface area contributed by atoms with Gasteiger partial charge in [-0.3, -0.25) is 4.68 Å². The molecule has 0 amide bonds. The summed E-state index contributed by atoms with van der Waals surface area (Å²) < 4.78 is 45.1. The van der Waals surface area contributed by atoms with Gasteiger partial charge >= 0.3 is 0 Å². The summed E-state index contributed by atoms with van der Waals surface area (Å²) in [5, 5.41) is 12.6. The van der Waals surface area contributed by atoms with Gasteiger partial charge in [0.15, 0.2) is 21.4 Å². The zero-order chi connectivity index (χ0) is 24.6. The lowest BCUT2D eigenvalue weighted by molar-refractivity contribution is 0.226. The molecule has 0 fully saturated rings. The molecule has 1 aromatic carbocycles. The molecule has 34 heavy (non-hydrogen) atoms. The fourth-order valence-corrected chi connectivity index (χ4v) is 4.47. The van der Waals surface area contributed by atoms with E-state index in [-0.39, 0.29) is 11.7 Å². The van der Waals surface area contributed by atoms with Gasteiger partial charge < -0.3 is 10.5 Å². The SMILES string of the molecule is Cc1nn(CS(C)(=O)=O)c(C)c1-c1cnc(N)c(O[C@H](C)c2cc(F)ccc2-n2nccn2)c1. The number of nitrogens with two attached hydrogens (primary N) is 1. The Balaban J connectivity index is 1.70. The number of aromatic nitrogens is 6. The average Bonchev–Trinajstić information content (AvgIpc) is 3.37. The van der Waals surface area contributed by atoms with Crippen molar-refractivity contribution in [1.29, 1.82) is 0 Å². The lowest BCUT2D eigenvalue weighted by atomic mass is 10.1. The van der Waals surface area contributed by atoms with Crippen LogP contribution in [0.1, 0.15) is 30.0 Å². The second-order valence-corrected chi connectivity index (χ2v) is 10.1. The lowest BCUT2D eigenvalue weighted by Gasteiger charge is -2.19. The Bertz CT molecular complexity index is 1450. The Kier molecular flexibility index (Phi) is 6.09. The minimum atomic E-state index is -3.28. The summed E-state index contributed by atoms with van der Waals surface area (Å²) in [5.41, 5.74) is 9.89. The molecule has 0 aliphatic carbocycles. The number of hydrogen-bond acceptors (Lipinski definition) is 8. The minimum absolute atomic E-state index is 0.157. The molecule has 4 aromatic rings. The van der Waals surface area contributed by atoms with Crippen molar-refractivity contribution < 1.29 is 17.5 Å². The van der Waals surface area contributed by atoms with Gasteiger partial charge in [-0.05, 0) is 45.0 Å². The highest BCUT2D eigenvalue weighted by Gasteiger charge is 2.20. The maximum atomic E-state index is 14.1. The molecule has 1 atom stereocenters. The monoisotopic (exact) mass is 485 g/mol. The largest absolute Gasteiger partial charge is 0.482 e. The molecule has 0 bridgehead atoms. The number of anilines is 1. The fourth-order valence-electron chi connectivity index (χ4n) is 3.78. The van der Waals surface area contributed by atoms with Gasteiger partial charge in [-0.2, -0.15) is 20.1 Å². The standard InChI is InChI=1S/C22H24FN7O3S/c1-13-21(14(2)29(28-13)12-34(4,31)32)16-9-20(22(24)25-11-16)33-15(3)18-10-17(23)5-6-19(18)30-26-7-8-27-30/h5-11,15H,12H2,1-4H3,(H2,24,25)/t15-/m1/s1. The van der Waals surface area contributed by atoms with E-state index in [9.17, 15) is 12.8 Å². The first-order valence-corrected chi connectivity index (χ1v) is 12.4. The van der Waals surface area contributed by atoms with E-state index in [2.05, 4.69) is 20.3 Å². The molecule has 0 radical (unpaired) electrons. The van der Waals surface area contributed by atoms with E-state index in [1.807, 2.05) is 0 Å². The number of hydrogen-bond donors (Lipinski definition) is 1. The van der Waals surface area contributed by atoms with Crippen molar-refractivity contribution in [3.05, 3.63) is 65.6 Å². The lowest BCUT2D eigenvalue weighted by Crippen LogP contribution is -2.12. The van der Waals surface area contributed by atoms with E-state index in [4.69, 9.17) is 10.5 Å². The van der Waals surface area contributed by atoms with Crippen LogP contribution < -0.4 is 10.5 Å². The third-order valence-electron chi connectivity index (χ3n) is 5.27. The summed E-state index contributed by atoms with van der Waals surface area (Å²) in [6.45, 7) is 5.33. The van der Waals surface area contributed by atoms with Gasteiger partial charge in [-0.1, -0.05) is 0 Å². The molecular formula is C22H24FN7O3S. The maximum Gasteiger partial charge on any atom is 0.167 e. The third kappa shape index (κ3) is 4.76. The molecule has 0 spiro atoms. The zero-order valence-electron chi connectivity index (χ0n) is 19.1. The van der Waals surface area contributed by atoms with Crippen LogP contribution in [-0.2, 0) is 15.7 Å². The Morgan fingerprint density at radius 2 is 1.88 bits per heavy atom. The fraction of sp³-hybridized carbons (Fsp3) is 0.273. The first kappa shape index (κ1) is 23.4. The highest BCUT2D eigenvalue weighted by molar-refractivity contribution is 7.89. The molecule has 0 aliphatic rings. The van der Waals surface area contributed by atoms with Crippen LogP contribution in [0.5, 0.6) is 5.75 Å². The molecule has 0 saturated carbocycles. The number of ether oxygens (including phenoxy) is 1. The molecule has 0 aliphatic heterocycles. The molecule has 3 heterocycles. The normalized spacial score (nSPS) is 12.6. The van der Waals surface area contributed by atoms with E-state index >= 15 is 0 Å². The van der Waals surface area contributed by atoms with Crippen molar-refractivity contribution in [3.8, 4) is 22.6 Å². The van der Waals surface area contributed by atoms with Crippen molar-refractivity contribution in [2.45, 2.75) is 32.8 Å². The molecule has 0 unspecified atom stereocenters. The smallest absolute Gasteiger partial charge is 0.167 e. The summed E-state index contributed by atoms with van der Waals surface area (Å²) in [7, 11) is -3.28. The van der Waals surface area contributed by atoms with Crippen LogP contribution >= 0.6 is 0 Å². The highest BCUT2D eigenvalue weighted by Crippen LogP contribution is 2.34. The Morgan fingerprint density at radius 1 is 1.18 bits per heavy atom. The van der Waals surface area contributed by atoms with E-state index in [0.717, 1.165) is 11.8 Å². The predicted molar refractivity (Wildman–Crippen MR) is 125 cm³/mol. The summed E-state index contributed by atoms with van der Waals surface area (Å²) in [4.78, 5) is 5.64. The van der Waals surface area contributed by atoms with Crippen LogP contribution in [0, 0.1) is 19.7 Å². The van der Waals surface area contributed by atoms with Gasteiger partial charge in [0, 0.05) is 34.8 Å². The Morgan fingerprint density at radius 3 is 2.56 bits per heavy atom. The van der Waals surface area contributed by atoms with Gasteiger partial charge in [0.2, 0.25) is 0 Å². The number of benzene rings is 1. The number of sulfone groups is 1. The Hall–Kier alpha value is -3.80. The van der Waals surface area contributed by atoms with Gasteiger partial charge in [-0.25, -0.2) is 17.8 Å². The molecule has 178 valence electrons. The van der Waals surface area contributed by atoms with E-state index < -0.39 is 21.8 Å². The molecule has 3 aromatic heterocycles. The van der Waals surface area contributed by atoms with E-state index in [1.165, 1.54) is 34.0 Å². The number of aryl methyl sites for hydroxylation is 1. The molecule has 4 rings (SSSR count). The molecule has 0 saturated heterocycles. The van der Waals surface area contributed by atoms with Crippen LogP contribution in [0.3, 0.4) is 0 Å². The van der Waals surface area contributed by atoms with Crippen LogP contribution in [0.2, 0.25) is 0 Å². The predicted octanol–water partition coefficient (Wildman–Crippen LogP) is 3.01. The second-order valence-electron chi connectivity index (χ2n) is 7.99. The summed E-state index contributed by atoms with van der Waals surface area (Å²) >= 11 is 0. The number of rotatable bonds is 7. The topological polar surface area (TPSA) is 131 Å². The third-order valence-corrected chi connectivity index (χ3v) is 5.99. The van der Waals surface area contributed by atoms with E-state index in [0.29, 0.717) is 34.0 Å². The molecule has 2 N–H and O–H groups in total. The number of nitrogen functional groups attached to an aromatic ring is 1. The highest BCUT2D eigenvalue weighted by atomic mass is 32.2. The minimum Gasteiger partial charge on any atom is -0.482 e. The van der Waals surface area contributed by atoms with E-state index in [1.54, 1.807) is 39.1 Å². The van der Waals surface area contributed by atoms with Crippen LogP contribution in [0.15, 0.2) is 42.9 Å². The van der Waals surface area contributed by atoms with Crippen molar-refractivity contribution >= 4 is 15.7 Å². The first-order valence-electron chi connectivity index (χ1n) is 10.3. The number of nitrogens with zero attached hydrogens (tertiary/aromatic N) is 6. The first-order chi connectivity index (χ1) is 16.0. The van der Waals surface area contributed by atoms with Crippen molar-refractivity contribution in [2.24, 2.45) is 0 Å².